The van der Waals surface area contributed by atoms with Crippen molar-refractivity contribution in [3.63, 3.8) is 0 Å². The standard InChI is InChI=1S/C12H13NO5/c1-7-3-4-8(5-9(7)13(15)16)18-11-6-10(14)12(11)17-2/h3-5,11-12H,6H2,1-2H3. The smallest absolute Gasteiger partial charge is 0.276 e. The van der Waals surface area contributed by atoms with Crippen LogP contribution >= 0.6 is 0 Å². The maximum Gasteiger partial charge on any atom is 0.276 e. The zero-order valence-electron chi connectivity index (χ0n) is 10.1. The molecule has 6 nitrogen and oxygen atoms in total. The molecule has 6 heteroatoms. The highest BCUT2D eigenvalue weighted by Gasteiger charge is 2.42. The van der Waals surface area contributed by atoms with E-state index in [2.05, 4.69) is 0 Å². The van der Waals surface area contributed by atoms with Crippen molar-refractivity contribution in [2.75, 3.05) is 7.11 Å². The Balaban J connectivity index is 2.13. The number of aryl methyl sites for hydroxylation is 1. The van der Waals surface area contributed by atoms with Gasteiger partial charge in [-0.1, -0.05) is 0 Å². The minimum absolute atomic E-state index is 0.00659. The molecule has 1 saturated carbocycles. The zero-order chi connectivity index (χ0) is 13.3. The van der Waals surface area contributed by atoms with Gasteiger partial charge in [-0.25, -0.2) is 0 Å². The summed E-state index contributed by atoms with van der Waals surface area (Å²) in [6.07, 6.45) is -0.643. The number of rotatable bonds is 4. The van der Waals surface area contributed by atoms with Gasteiger partial charge < -0.3 is 9.47 Å². The molecule has 2 unspecified atom stereocenters. The molecule has 1 aromatic rings. The predicted molar refractivity (Wildman–Crippen MR) is 62.7 cm³/mol. The summed E-state index contributed by atoms with van der Waals surface area (Å²) in [5, 5.41) is 10.8. The van der Waals surface area contributed by atoms with Crippen molar-refractivity contribution in [2.45, 2.75) is 25.6 Å². The fourth-order valence-corrected chi connectivity index (χ4v) is 1.89. The van der Waals surface area contributed by atoms with Gasteiger partial charge in [0.25, 0.3) is 5.69 Å². The first-order chi connectivity index (χ1) is 8.52. The molecule has 2 rings (SSSR count). The molecule has 18 heavy (non-hydrogen) atoms. The first-order valence-corrected chi connectivity index (χ1v) is 5.50. The van der Waals surface area contributed by atoms with Crippen LogP contribution in [0.4, 0.5) is 5.69 Å². The van der Waals surface area contributed by atoms with Crippen LogP contribution in [0.2, 0.25) is 0 Å². The number of nitro benzene ring substituents is 1. The number of ether oxygens (including phenoxy) is 2. The number of methoxy groups -OCH3 is 1. The van der Waals surface area contributed by atoms with Gasteiger partial charge in [-0.05, 0) is 19.1 Å². The highest BCUT2D eigenvalue weighted by atomic mass is 16.6. The molecule has 0 aromatic heterocycles. The molecule has 2 atom stereocenters. The highest BCUT2D eigenvalue weighted by molar-refractivity contribution is 5.90. The fourth-order valence-electron chi connectivity index (χ4n) is 1.89. The van der Waals surface area contributed by atoms with Gasteiger partial charge in [0, 0.05) is 19.1 Å². The van der Waals surface area contributed by atoms with Gasteiger partial charge in [0.1, 0.15) is 11.9 Å². The SMILES string of the molecule is COC1C(=O)CC1Oc1ccc(C)c([N+](=O)[O-])c1. The van der Waals surface area contributed by atoms with Crippen LogP contribution in [0.1, 0.15) is 12.0 Å². The third-order valence-corrected chi connectivity index (χ3v) is 2.98. The number of nitrogens with zero attached hydrogens (tertiary/aromatic N) is 1. The lowest BCUT2D eigenvalue weighted by molar-refractivity contribution is -0.385. The van der Waals surface area contributed by atoms with Gasteiger partial charge in [-0.15, -0.1) is 0 Å². The molecule has 0 spiro atoms. The predicted octanol–water partition coefficient (Wildman–Crippen LogP) is 1.64. The van der Waals surface area contributed by atoms with Crippen LogP contribution in [-0.4, -0.2) is 30.0 Å². The average molecular weight is 251 g/mol. The van der Waals surface area contributed by atoms with E-state index in [4.69, 9.17) is 9.47 Å². The van der Waals surface area contributed by atoms with Crippen LogP contribution in [0.5, 0.6) is 5.75 Å². The number of benzene rings is 1. The van der Waals surface area contributed by atoms with E-state index in [-0.39, 0.29) is 24.0 Å². The lowest BCUT2D eigenvalue weighted by Gasteiger charge is -2.33. The third-order valence-electron chi connectivity index (χ3n) is 2.98. The first kappa shape index (κ1) is 12.5. The molecule has 0 saturated heterocycles. The van der Waals surface area contributed by atoms with Crippen molar-refractivity contribution in [3.8, 4) is 5.75 Å². The second-order valence-electron chi connectivity index (χ2n) is 4.19. The van der Waals surface area contributed by atoms with Gasteiger partial charge in [0.05, 0.1) is 11.0 Å². The number of hydrogen-bond donors (Lipinski definition) is 0. The summed E-state index contributed by atoms with van der Waals surface area (Å²) in [4.78, 5) is 21.5. The minimum Gasteiger partial charge on any atom is -0.487 e. The molecule has 0 N–H and O–H groups in total. The fraction of sp³-hybridized carbons (Fsp3) is 0.417. The van der Waals surface area contributed by atoms with Gasteiger partial charge in [0.15, 0.2) is 11.9 Å². The molecular weight excluding hydrogens is 238 g/mol. The Hall–Kier alpha value is -1.95. The summed E-state index contributed by atoms with van der Waals surface area (Å²) in [5.74, 6) is 0.371. The van der Waals surface area contributed by atoms with E-state index in [1.807, 2.05) is 0 Å². The quantitative estimate of drug-likeness (QED) is 0.600. The van der Waals surface area contributed by atoms with Crippen LogP contribution in [0.25, 0.3) is 0 Å². The molecule has 1 aliphatic carbocycles. The van der Waals surface area contributed by atoms with Gasteiger partial charge in [0.2, 0.25) is 0 Å². The summed E-state index contributed by atoms with van der Waals surface area (Å²) >= 11 is 0. The normalized spacial score (nSPS) is 22.4. The first-order valence-electron chi connectivity index (χ1n) is 5.50. The molecule has 0 radical (unpaired) electrons. The summed E-state index contributed by atoms with van der Waals surface area (Å²) in [5.41, 5.74) is 0.576. The number of nitro groups is 1. The summed E-state index contributed by atoms with van der Waals surface area (Å²) in [7, 11) is 1.44. The Morgan fingerprint density at radius 1 is 1.44 bits per heavy atom. The van der Waals surface area contributed by atoms with Crippen LogP contribution in [-0.2, 0) is 9.53 Å². The average Bonchev–Trinajstić information content (AvgIpc) is 2.30. The Bertz CT molecular complexity index is 499. The number of hydrogen-bond acceptors (Lipinski definition) is 5. The lowest BCUT2D eigenvalue weighted by Crippen LogP contribution is -2.51. The molecule has 96 valence electrons. The van der Waals surface area contributed by atoms with Crippen molar-refractivity contribution in [2.24, 2.45) is 0 Å². The van der Waals surface area contributed by atoms with Crippen molar-refractivity contribution < 1.29 is 19.2 Å². The highest BCUT2D eigenvalue weighted by Crippen LogP contribution is 2.29. The van der Waals surface area contributed by atoms with Crippen LogP contribution in [0.3, 0.4) is 0 Å². The van der Waals surface area contributed by atoms with E-state index in [1.165, 1.54) is 13.2 Å². The van der Waals surface area contributed by atoms with Crippen molar-refractivity contribution in [3.05, 3.63) is 33.9 Å². The van der Waals surface area contributed by atoms with E-state index < -0.39 is 11.0 Å². The van der Waals surface area contributed by atoms with Crippen LogP contribution in [0.15, 0.2) is 18.2 Å². The maximum atomic E-state index is 11.2. The van der Waals surface area contributed by atoms with E-state index in [1.54, 1.807) is 19.1 Å². The Morgan fingerprint density at radius 2 is 2.17 bits per heavy atom. The molecule has 1 aliphatic rings. The Kier molecular flexibility index (Phi) is 3.29. The van der Waals surface area contributed by atoms with Crippen LogP contribution < -0.4 is 4.74 Å². The lowest BCUT2D eigenvalue weighted by atomic mass is 9.90. The maximum absolute atomic E-state index is 11.2. The molecule has 0 heterocycles. The number of carbonyl (C=O) groups excluding carboxylic acids is 1. The monoisotopic (exact) mass is 251 g/mol. The van der Waals surface area contributed by atoms with Crippen molar-refractivity contribution in [1.82, 2.24) is 0 Å². The number of Topliss-reactive ketones (excluding diaryl/α,β-unsaturated/α-hetero) is 1. The molecule has 1 aromatic carbocycles. The van der Waals surface area contributed by atoms with Crippen molar-refractivity contribution in [1.29, 1.82) is 0 Å². The van der Waals surface area contributed by atoms with E-state index in [0.717, 1.165) is 0 Å². The van der Waals surface area contributed by atoms with Gasteiger partial charge in [-0.2, -0.15) is 0 Å². The largest absolute Gasteiger partial charge is 0.487 e. The topological polar surface area (TPSA) is 78.7 Å². The third kappa shape index (κ3) is 2.19. The van der Waals surface area contributed by atoms with E-state index in [9.17, 15) is 14.9 Å². The Morgan fingerprint density at radius 3 is 2.72 bits per heavy atom. The van der Waals surface area contributed by atoms with Crippen LogP contribution in [0, 0.1) is 17.0 Å². The summed E-state index contributed by atoms with van der Waals surface area (Å²) < 4.78 is 10.5. The zero-order valence-corrected chi connectivity index (χ0v) is 10.1. The molecule has 0 bridgehead atoms. The second-order valence-corrected chi connectivity index (χ2v) is 4.19. The Labute approximate surface area is 104 Å². The molecule has 0 amide bonds. The van der Waals surface area contributed by atoms with E-state index >= 15 is 0 Å². The summed E-state index contributed by atoms with van der Waals surface area (Å²) in [6, 6.07) is 4.64. The van der Waals surface area contributed by atoms with Gasteiger partial charge in [-0.3, -0.25) is 14.9 Å². The van der Waals surface area contributed by atoms with E-state index in [0.29, 0.717) is 11.3 Å². The molecular formula is C12H13NO5. The minimum atomic E-state index is -0.564. The number of ketones is 1. The van der Waals surface area contributed by atoms with Gasteiger partial charge >= 0.3 is 0 Å². The summed E-state index contributed by atoms with van der Waals surface area (Å²) in [6.45, 7) is 1.66. The van der Waals surface area contributed by atoms with Crippen molar-refractivity contribution >= 4 is 11.5 Å². The number of carbonyl (C=O) groups is 1. The molecule has 0 aliphatic heterocycles. The molecule has 1 fully saturated rings. The second kappa shape index (κ2) is 4.73.